The number of carbonyl (C=O) groups excluding carboxylic acids is 3. The summed E-state index contributed by atoms with van der Waals surface area (Å²) in [6.07, 6.45) is 8.86. The van der Waals surface area contributed by atoms with Crippen molar-refractivity contribution < 1.29 is 14.4 Å². The smallest absolute Gasteiger partial charge is 0.325 e. The van der Waals surface area contributed by atoms with Gasteiger partial charge in [-0.1, -0.05) is 32.1 Å². The third-order valence-corrected chi connectivity index (χ3v) is 5.51. The zero-order chi connectivity index (χ0) is 15.7. The molecule has 1 heterocycles. The lowest BCUT2D eigenvalue weighted by Gasteiger charge is -2.32. The van der Waals surface area contributed by atoms with Crippen LogP contribution in [-0.2, 0) is 9.59 Å². The summed E-state index contributed by atoms with van der Waals surface area (Å²) in [6.45, 7) is -0.126. The van der Waals surface area contributed by atoms with E-state index in [-0.39, 0.29) is 24.4 Å². The summed E-state index contributed by atoms with van der Waals surface area (Å²) in [5.41, 5.74) is -0.721. The highest BCUT2D eigenvalue weighted by atomic mass is 16.2. The Morgan fingerprint density at radius 1 is 1.18 bits per heavy atom. The molecular weight excluding hydrogens is 282 g/mol. The van der Waals surface area contributed by atoms with E-state index in [1.807, 2.05) is 0 Å². The van der Waals surface area contributed by atoms with Gasteiger partial charge in [-0.25, -0.2) is 4.79 Å². The van der Waals surface area contributed by atoms with Gasteiger partial charge in [0.05, 0.1) is 0 Å². The second-order valence-electron chi connectivity index (χ2n) is 6.91. The van der Waals surface area contributed by atoms with E-state index in [1.165, 1.54) is 6.42 Å². The van der Waals surface area contributed by atoms with Gasteiger partial charge in [0.15, 0.2) is 0 Å². The highest BCUT2D eigenvalue weighted by molar-refractivity contribution is 6.09. The van der Waals surface area contributed by atoms with Gasteiger partial charge in [0.1, 0.15) is 12.1 Å². The standard InChI is InChI=1S/C16H25N3O3/c1-18(12-7-3-2-4-8-12)13(20)11-19-14(21)16(17-15(19)22)9-5-6-10-16/h12H,2-11H2,1H3,(H,17,22). The maximum atomic E-state index is 12.5. The Morgan fingerprint density at radius 2 is 1.82 bits per heavy atom. The van der Waals surface area contributed by atoms with Crippen molar-refractivity contribution in [3.8, 4) is 0 Å². The molecule has 3 aliphatic rings. The van der Waals surface area contributed by atoms with E-state index in [1.54, 1.807) is 11.9 Å². The van der Waals surface area contributed by atoms with Crippen molar-refractivity contribution in [1.29, 1.82) is 0 Å². The molecule has 1 N–H and O–H groups in total. The zero-order valence-corrected chi connectivity index (χ0v) is 13.3. The van der Waals surface area contributed by atoms with Crippen LogP contribution in [0.5, 0.6) is 0 Å². The SMILES string of the molecule is CN(C(=O)CN1C(=O)NC2(CCCC2)C1=O)C1CCCCC1. The fourth-order valence-electron chi connectivity index (χ4n) is 4.06. The third-order valence-electron chi connectivity index (χ3n) is 5.51. The predicted octanol–water partition coefficient (Wildman–Crippen LogP) is 1.64. The molecule has 2 saturated carbocycles. The van der Waals surface area contributed by atoms with Crippen LogP contribution in [0.3, 0.4) is 0 Å². The van der Waals surface area contributed by atoms with Gasteiger partial charge in [0.2, 0.25) is 5.91 Å². The maximum absolute atomic E-state index is 12.5. The lowest BCUT2D eigenvalue weighted by Crippen LogP contribution is -2.47. The highest BCUT2D eigenvalue weighted by Crippen LogP contribution is 2.35. The molecule has 1 aliphatic heterocycles. The topological polar surface area (TPSA) is 69.7 Å². The fraction of sp³-hybridized carbons (Fsp3) is 0.812. The van der Waals surface area contributed by atoms with E-state index in [0.717, 1.165) is 43.4 Å². The Kier molecular flexibility index (Phi) is 4.10. The average molecular weight is 307 g/mol. The first-order chi connectivity index (χ1) is 10.5. The average Bonchev–Trinajstić information content (AvgIpc) is 3.09. The third kappa shape index (κ3) is 2.59. The Hall–Kier alpha value is -1.59. The van der Waals surface area contributed by atoms with Crippen LogP contribution in [0.2, 0.25) is 0 Å². The molecule has 6 heteroatoms. The van der Waals surface area contributed by atoms with Gasteiger partial charge in [-0.05, 0) is 25.7 Å². The summed E-state index contributed by atoms with van der Waals surface area (Å²) in [5.74, 6) is -0.342. The second-order valence-corrected chi connectivity index (χ2v) is 6.91. The molecule has 0 aromatic rings. The van der Waals surface area contributed by atoms with Crippen molar-refractivity contribution >= 4 is 17.8 Å². The van der Waals surface area contributed by atoms with Gasteiger partial charge in [0.25, 0.3) is 5.91 Å². The summed E-state index contributed by atoms with van der Waals surface area (Å²) in [7, 11) is 1.79. The highest BCUT2D eigenvalue weighted by Gasteiger charge is 2.52. The van der Waals surface area contributed by atoms with Crippen molar-refractivity contribution in [3.05, 3.63) is 0 Å². The summed E-state index contributed by atoms with van der Waals surface area (Å²) in [6, 6.07) is -0.153. The normalized spacial score (nSPS) is 24.9. The van der Waals surface area contributed by atoms with Crippen molar-refractivity contribution in [2.45, 2.75) is 69.4 Å². The number of rotatable bonds is 3. The van der Waals surface area contributed by atoms with Gasteiger partial charge < -0.3 is 10.2 Å². The fourth-order valence-corrected chi connectivity index (χ4v) is 4.06. The van der Waals surface area contributed by atoms with Gasteiger partial charge in [-0.3, -0.25) is 14.5 Å². The van der Waals surface area contributed by atoms with Crippen molar-refractivity contribution in [2.24, 2.45) is 0 Å². The molecule has 0 radical (unpaired) electrons. The second kappa shape index (κ2) is 5.89. The molecule has 22 heavy (non-hydrogen) atoms. The maximum Gasteiger partial charge on any atom is 0.325 e. The van der Waals surface area contributed by atoms with Crippen LogP contribution in [0.25, 0.3) is 0 Å². The Labute approximate surface area is 131 Å². The van der Waals surface area contributed by atoms with Crippen LogP contribution >= 0.6 is 0 Å². The molecule has 1 spiro atoms. The molecule has 0 bridgehead atoms. The number of nitrogens with zero attached hydrogens (tertiary/aromatic N) is 2. The minimum atomic E-state index is -0.721. The van der Waals surface area contributed by atoms with E-state index in [2.05, 4.69) is 5.32 Å². The molecule has 0 aromatic carbocycles. The van der Waals surface area contributed by atoms with Crippen molar-refractivity contribution in [1.82, 2.24) is 15.1 Å². The molecule has 1 saturated heterocycles. The molecule has 3 fully saturated rings. The molecule has 2 aliphatic carbocycles. The van der Waals surface area contributed by atoms with Gasteiger partial charge in [-0.2, -0.15) is 0 Å². The Bertz CT molecular complexity index is 479. The van der Waals surface area contributed by atoms with Crippen LogP contribution in [0.4, 0.5) is 4.79 Å². The number of hydrogen-bond acceptors (Lipinski definition) is 3. The van der Waals surface area contributed by atoms with Gasteiger partial charge in [0, 0.05) is 13.1 Å². The molecule has 6 nitrogen and oxygen atoms in total. The number of urea groups is 1. The van der Waals surface area contributed by atoms with Gasteiger partial charge >= 0.3 is 6.03 Å². The Balaban J connectivity index is 1.63. The van der Waals surface area contributed by atoms with E-state index >= 15 is 0 Å². The summed E-state index contributed by atoms with van der Waals surface area (Å²) < 4.78 is 0. The molecule has 0 unspecified atom stereocenters. The minimum Gasteiger partial charge on any atom is -0.341 e. The molecular formula is C16H25N3O3. The summed E-state index contributed by atoms with van der Waals surface area (Å²) in [4.78, 5) is 39.9. The van der Waals surface area contributed by atoms with Gasteiger partial charge in [-0.15, -0.1) is 0 Å². The monoisotopic (exact) mass is 307 g/mol. The van der Waals surface area contributed by atoms with Crippen LogP contribution < -0.4 is 5.32 Å². The molecule has 4 amide bonds. The van der Waals surface area contributed by atoms with Crippen LogP contribution in [0.15, 0.2) is 0 Å². The molecule has 3 rings (SSSR count). The summed E-state index contributed by atoms with van der Waals surface area (Å²) >= 11 is 0. The number of amides is 4. The lowest BCUT2D eigenvalue weighted by molar-refractivity contribution is -0.139. The number of hydrogen-bond donors (Lipinski definition) is 1. The Morgan fingerprint density at radius 3 is 2.45 bits per heavy atom. The molecule has 0 aromatic heterocycles. The van der Waals surface area contributed by atoms with Crippen LogP contribution in [-0.4, -0.2) is 52.8 Å². The van der Waals surface area contributed by atoms with E-state index in [9.17, 15) is 14.4 Å². The van der Waals surface area contributed by atoms with E-state index in [0.29, 0.717) is 12.8 Å². The molecule has 0 atom stereocenters. The quantitative estimate of drug-likeness (QED) is 0.806. The van der Waals surface area contributed by atoms with Crippen LogP contribution in [0, 0.1) is 0 Å². The zero-order valence-electron chi connectivity index (χ0n) is 13.3. The first kappa shape index (κ1) is 15.3. The lowest BCUT2D eigenvalue weighted by atomic mass is 9.94. The van der Waals surface area contributed by atoms with E-state index in [4.69, 9.17) is 0 Å². The summed E-state index contributed by atoms with van der Waals surface area (Å²) in [5, 5.41) is 2.82. The van der Waals surface area contributed by atoms with E-state index < -0.39 is 11.6 Å². The van der Waals surface area contributed by atoms with Crippen LogP contribution in [0.1, 0.15) is 57.8 Å². The first-order valence-corrected chi connectivity index (χ1v) is 8.43. The first-order valence-electron chi connectivity index (χ1n) is 8.43. The largest absolute Gasteiger partial charge is 0.341 e. The van der Waals surface area contributed by atoms with Crippen molar-refractivity contribution in [3.63, 3.8) is 0 Å². The minimum absolute atomic E-state index is 0.126. The van der Waals surface area contributed by atoms with Crippen molar-refractivity contribution in [2.75, 3.05) is 13.6 Å². The number of carbonyl (C=O) groups is 3. The predicted molar refractivity (Wildman–Crippen MR) is 81.1 cm³/mol. The number of likely N-dealkylation sites (N-methyl/N-ethyl adjacent to an activating group) is 1. The number of nitrogens with one attached hydrogen (secondary N) is 1. The number of imide groups is 1. The molecule has 122 valence electrons.